The Morgan fingerprint density at radius 2 is 2.00 bits per heavy atom. The van der Waals surface area contributed by atoms with E-state index >= 15 is 0 Å². The fraction of sp³-hybridized carbons (Fsp3) is 0.167. The Hall–Kier alpha value is -1.88. The van der Waals surface area contributed by atoms with E-state index in [1.807, 2.05) is 0 Å². The highest BCUT2D eigenvalue weighted by Crippen LogP contribution is 2.26. The largest absolute Gasteiger partial charge is 0.342 e. The van der Waals surface area contributed by atoms with Gasteiger partial charge in [-0.05, 0) is 6.07 Å². The molecular formula is C6H5F2N3O5S. The molecule has 0 saturated carbocycles. The number of hydrogen-bond donors (Lipinski definition) is 2. The van der Waals surface area contributed by atoms with Crippen LogP contribution in [0.15, 0.2) is 15.9 Å². The number of H-pyrrole nitrogens is 1. The second-order valence-corrected chi connectivity index (χ2v) is 4.40. The van der Waals surface area contributed by atoms with E-state index < -0.39 is 43.2 Å². The van der Waals surface area contributed by atoms with Crippen molar-refractivity contribution in [3.8, 4) is 0 Å². The van der Waals surface area contributed by atoms with E-state index in [1.54, 1.807) is 4.98 Å². The minimum absolute atomic E-state index is 0.263. The van der Waals surface area contributed by atoms with Gasteiger partial charge in [0, 0.05) is 0 Å². The Morgan fingerprint density at radius 3 is 2.35 bits per heavy atom. The fourth-order valence-electron chi connectivity index (χ4n) is 1.06. The third-order valence-electron chi connectivity index (χ3n) is 1.74. The molecule has 0 saturated heterocycles. The van der Waals surface area contributed by atoms with E-state index in [-0.39, 0.29) is 6.07 Å². The molecule has 1 rings (SSSR count). The van der Waals surface area contributed by atoms with Crippen LogP contribution in [-0.4, -0.2) is 18.3 Å². The van der Waals surface area contributed by atoms with Crippen LogP contribution in [0.1, 0.15) is 12.0 Å². The van der Waals surface area contributed by atoms with Crippen LogP contribution in [0.2, 0.25) is 0 Å². The number of nitrogens with zero attached hydrogens (tertiary/aromatic N) is 1. The average Bonchev–Trinajstić information content (AvgIpc) is 2.13. The highest BCUT2D eigenvalue weighted by Gasteiger charge is 2.28. The second kappa shape index (κ2) is 4.18. The third-order valence-corrected chi connectivity index (χ3v) is 2.57. The molecule has 11 heteroatoms. The number of halogens is 2. The second-order valence-electron chi connectivity index (χ2n) is 2.87. The number of primary sulfonamides is 1. The summed E-state index contributed by atoms with van der Waals surface area (Å²) in [6.45, 7) is 0. The summed E-state index contributed by atoms with van der Waals surface area (Å²) in [7, 11) is -4.44. The summed E-state index contributed by atoms with van der Waals surface area (Å²) >= 11 is 0. The fourth-order valence-corrected chi connectivity index (χ4v) is 1.58. The number of pyridine rings is 1. The monoisotopic (exact) mass is 269 g/mol. The summed E-state index contributed by atoms with van der Waals surface area (Å²) < 4.78 is 46.6. The van der Waals surface area contributed by atoms with E-state index in [0.717, 1.165) is 0 Å². The molecule has 17 heavy (non-hydrogen) atoms. The topological polar surface area (TPSA) is 136 Å². The predicted molar refractivity (Wildman–Crippen MR) is 50.0 cm³/mol. The van der Waals surface area contributed by atoms with Gasteiger partial charge in [0.2, 0.25) is 0 Å². The van der Waals surface area contributed by atoms with Crippen LogP contribution in [0, 0.1) is 10.1 Å². The first-order valence-corrected chi connectivity index (χ1v) is 5.41. The minimum atomic E-state index is -4.44. The quantitative estimate of drug-likeness (QED) is 0.581. The van der Waals surface area contributed by atoms with Gasteiger partial charge in [-0.15, -0.1) is 0 Å². The van der Waals surface area contributed by atoms with Gasteiger partial charge in [0.15, 0.2) is 5.03 Å². The van der Waals surface area contributed by atoms with Gasteiger partial charge >= 0.3 is 11.2 Å². The Bertz CT molecular complexity index is 623. The highest BCUT2D eigenvalue weighted by atomic mass is 32.2. The van der Waals surface area contributed by atoms with E-state index in [9.17, 15) is 32.1 Å². The van der Waals surface area contributed by atoms with Crippen molar-refractivity contribution in [3.63, 3.8) is 0 Å². The van der Waals surface area contributed by atoms with E-state index in [4.69, 9.17) is 0 Å². The standard InChI is InChI=1S/C6H5F2N3O5S/c7-5(8)2-1-3(17(9,15)16)10-6(12)4(2)11(13)14/h1,5H,(H,10,12)(H2,9,15,16). The molecule has 3 N–H and O–H groups in total. The molecule has 8 nitrogen and oxygen atoms in total. The van der Waals surface area contributed by atoms with Crippen LogP contribution in [0.5, 0.6) is 0 Å². The number of rotatable bonds is 3. The summed E-state index contributed by atoms with van der Waals surface area (Å²) in [6.07, 6.45) is -3.38. The molecule has 1 heterocycles. The van der Waals surface area contributed by atoms with Crippen molar-refractivity contribution in [3.05, 3.63) is 32.1 Å². The number of hydrogen-bond acceptors (Lipinski definition) is 5. The maximum Gasteiger partial charge on any atom is 0.342 e. The molecule has 0 atom stereocenters. The number of nitrogens with two attached hydrogens (primary N) is 1. The lowest BCUT2D eigenvalue weighted by Gasteiger charge is -2.03. The predicted octanol–water partition coefficient (Wildman–Crippen LogP) is -0.132. The molecule has 1 aromatic rings. The van der Waals surface area contributed by atoms with Gasteiger partial charge in [-0.25, -0.2) is 22.3 Å². The molecule has 0 unspecified atom stereocenters. The molecule has 0 radical (unpaired) electrons. The molecule has 0 amide bonds. The lowest BCUT2D eigenvalue weighted by atomic mass is 10.2. The zero-order valence-electron chi connectivity index (χ0n) is 7.88. The number of sulfonamides is 1. The van der Waals surface area contributed by atoms with Gasteiger partial charge in [-0.2, -0.15) is 0 Å². The maximum absolute atomic E-state index is 12.4. The zero-order chi connectivity index (χ0) is 13.4. The average molecular weight is 269 g/mol. The molecule has 0 aliphatic carbocycles. The first kappa shape index (κ1) is 13.2. The molecule has 0 aromatic carbocycles. The smallest absolute Gasteiger partial charge is 0.306 e. The Balaban J connectivity index is 3.71. The van der Waals surface area contributed by atoms with Gasteiger partial charge in [-0.3, -0.25) is 14.9 Å². The number of aromatic nitrogens is 1. The normalized spacial score (nSPS) is 11.8. The summed E-state index contributed by atoms with van der Waals surface area (Å²) in [5.74, 6) is 0. The molecule has 1 aromatic heterocycles. The summed E-state index contributed by atoms with van der Waals surface area (Å²) in [6, 6.07) is 0.263. The summed E-state index contributed by atoms with van der Waals surface area (Å²) in [5.41, 5.74) is -4.27. The van der Waals surface area contributed by atoms with Crippen LogP contribution in [-0.2, 0) is 10.0 Å². The SMILES string of the molecule is NS(=O)(=O)c1cc(C(F)F)c([N+](=O)[O-])c(=O)[nH]1. The van der Waals surface area contributed by atoms with Crippen molar-refractivity contribution in [1.82, 2.24) is 4.98 Å². The van der Waals surface area contributed by atoms with Crippen LogP contribution in [0.4, 0.5) is 14.5 Å². The molecule has 0 aliphatic heterocycles. The Labute approximate surface area is 92.3 Å². The Kier molecular flexibility index (Phi) is 3.24. The van der Waals surface area contributed by atoms with E-state index in [1.165, 1.54) is 0 Å². The van der Waals surface area contributed by atoms with Crippen LogP contribution < -0.4 is 10.7 Å². The van der Waals surface area contributed by atoms with Crippen molar-refractivity contribution < 1.29 is 22.1 Å². The molecule has 0 bridgehead atoms. The van der Waals surface area contributed by atoms with Crippen molar-refractivity contribution in [2.45, 2.75) is 11.5 Å². The lowest BCUT2D eigenvalue weighted by molar-refractivity contribution is -0.387. The first-order chi connectivity index (χ1) is 7.64. The third kappa shape index (κ3) is 2.62. The van der Waals surface area contributed by atoms with Crippen molar-refractivity contribution in [2.24, 2.45) is 5.14 Å². The number of nitro groups is 1. The van der Waals surface area contributed by atoms with Gasteiger partial charge in [0.25, 0.3) is 16.4 Å². The number of aromatic amines is 1. The summed E-state index contributed by atoms with van der Waals surface area (Å²) in [4.78, 5) is 21.7. The molecular weight excluding hydrogens is 264 g/mol. The molecule has 0 fully saturated rings. The van der Waals surface area contributed by atoms with Gasteiger partial charge in [0.05, 0.1) is 4.92 Å². The van der Waals surface area contributed by atoms with E-state index in [2.05, 4.69) is 5.14 Å². The van der Waals surface area contributed by atoms with Gasteiger partial charge in [0.1, 0.15) is 5.56 Å². The van der Waals surface area contributed by atoms with Crippen LogP contribution >= 0.6 is 0 Å². The van der Waals surface area contributed by atoms with Gasteiger partial charge < -0.3 is 4.98 Å². The van der Waals surface area contributed by atoms with Crippen molar-refractivity contribution >= 4 is 15.7 Å². The first-order valence-electron chi connectivity index (χ1n) is 3.87. The molecule has 0 aliphatic rings. The van der Waals surface area contributed by atoms with Gasteiger partial charge in [-0.1, -0.05) is 0 Å². The van der Waals surface area contributed by atoms with E-state index in [0.29, 0.717) is 0 Å². The lowest BCUT2D eigenvalue weighted by Crippen LogP contribution is -2.22. The van der Waals surface area contributed by atoms with Crippen molar-refractivity contribution in [1.29, 1.82) is 0 Å². The van der Waals surface area contributed by atoms with Crippen LogP contribution in [0.3, 0.4) is 0 Å². The molecule has 94 valence electrons. The zero-order valence-corrected chi connectivity index (χ0v) is 8.70. The molecule has 0 spiro atoms. The summed E-state index contributed by atoms with van der Waals surface area (Å²) in [5, 5.41) is 14.0. The van der Waals surface area contributed by atoms with Crippen LogP contribution in [0.25, 0.3) is 0 Å². The Morgan fingerprint density at radius 1 is 1.47 bits per heavy atom. The minimum Gasteiger partial charge on any atom is -0.306 e. The number of alkyl halides is 2. The number of nitrogens with one attached hydrogen (secondary N) is 1. The van der Waals surface area contributed by atoms with Crippen molar-refractivity contribution in [2.75, 3.05) is 0 Å². The highest BCUT2D eigenvalue weighted by molar-refractivity contribution is 7.89. The maximum atomic E-state index is 12.4.